The Kier molecular flexibility index (Phi) is 9.27. The summed E-state index contributed by atoms with van der Waals surface area (Å²) in [7, 11) is 0. The second-order valence-corrected chi connectivity index (χ2v) is 16.3. The van der Waals surface area contributed by atoms with Crippen LogP contribution in [-0.4, -0.2) is 9.13 Å². The van der Waals surface area contributed by atoms with E-state index in [0.717, 1.165) is 45.1 Å². The first-order valence-electron chi connectivity index (χ1n) is 21.9. The van der Waals surface area contributed by atoms with Crippen LogP contribution in [0.1, 0.15) is 62.1 Å². The van der Waals surface area contributed by atoms with Gasteiger partial charge in [-0.2, -0.15) is 0 Å². The highest BCUT2D eigenvalue weighted by atomic mass is 15.0. The Morgan fingerprint density at radius 1 is 0.483 bits per heavy atom. The predicted octanol–water partition coefficient (Wildman–Crippen LogP) is 16.0. The second-order valence-electron chi connectivity index (χ2n) is 16.3. The summed E-state index contributed by atoms with van der Waals surface area (Å²) in [6.45, 7) is 3.17. The highest BCUT2D eigenvalue weighted by molar-refractivity contribution is 6.21. The molecule has 0 aliphatic heterocycles. The molecule has 11 rings (SSSR count). The first-order valence-corrected chi connectivity index (χ1v) is 21.9. The van der Waals surface area contributed by atoms with Gasteiger partial charge in [-0.1, -0.05) is 164 Å². The average molecular weight is 773 g/mol. The number of nitrogens with zero attached hydrogens (tertiary/aromatic N) is 2. The smallest absolute Gasteiger partial charge is 0.0620 e. The Hall–Kier alpha value is -6.90. The molecule has 0 radical (unpaired) electrons. The lowest BCUT2D eigenvalue weighted by Crippen LogP contribution is -2.05. The van der Waals surface area contributed by atoms with Crippen LogP contribution in [-0.2, 0) is 6.54 Å². The van der Waals surface area contributed by atoms with Gasteiger partial charge in [-0.05, 0) is 125 Å². The van der Waals surface area contributed by atoms with Gasteiger partial charge in [0, 0.05) is 44.8 Å². The predicted molar refractivity (Wildman–Crippen MR) is 257 cm³/mol. The molecule has 0 saturated heterocycles. The number of benzene rings is 6. The fourth-order valence-electron chi connectivity index (χ4n) is 10.3. The second kappa shape index (κ2) is 15.4. The Labute approximate surface area is 353 Å². The minimum absolute atomic E-state index is 0.913. The Morgan fingerprint density at radius 2 is 1.05 bits per heavy atom. The molecule has 0 amide bonds. The molecule has 0 N–H and O–H groups in total. The number of hydrogen-bond donors (Lipinski definition) is 0. The van der Waals surface area contributed by atoms with Crippen LogP contribution in [0.2, 0.25) is 0 Å². The van der Waals surface area contributed by atoms with Crippen molar-refractivity contribution < 1.29 is 0 Å². The molecule has 0 fully saturated rings. The van der Waals surface area contributed by atoms with Crippen molar-refractivity contribution in [2.24, 2.45) is 0 Å². The van der Waals surface area contributed by atoms with E-state index in [2.05, 4.69) is 204 Å². The summed E-state index contributed by atoms with van der Waals surface area (Å²) >= 11 is 0. The third-order valence-corrected chi connectivity index (χ3v) is 12.9. The van der Waals surface area contributed by atoms with Crippen molar-refractivity contribution in [3.8, 4) is 39.3 Å². The van der Waals surface area contributed by atoms with Crippen LogP contribution in [0.3, 0.4) is 0 Å². The van der Waals surface area contributed by atoms with Crippen LogP contribution in [0.15, 0.2) is 188 Å². The third kappa shape index (κ3) is 5.93. The van der Waals surface area contributed by atoms with E-state index in [0.29, 0.717) is 0 Å². The van der Waals surface area contributed by atoms with Crippen molar-refractivity contribution in [2.75, 3.05) is 0 Å². The summed E-state index contributed by atoms with van der Waals surface area (Å²) in [6.07, 6.45) is 27.4. The molecular formula is C58H48N2. The highest BCUT2D eigenvalue weighted by Crippen LogP contribution is 2.55. The van der Waals surface area contributed by atoms with E-state index in [9.17, 15) is 0 Å². The van der Waals surface area contributed by atoms with Crippen LogP contribution in [0, 0.1) is 0 Å². The molecule has 290 valence electrons. The molecule has 0 atom stereocenters. The van der Waals surface area contributed by atoms with E-state index in [1.54, 1.807) is 0 Å². The van der Waals surface area contributed by atoms with Crippen molar-refractivity contribution in [3.63, 3.8) is 0 Å². The zero-order valence-corrected chi connectivity index (χ0v) is 34.2. The normalized spacial score (nSPS) is 15.2. The zero-order valence-electron chi connectivity index (χ0n) is 34.2. The third-order valence-electron chi connectivity index (χ3n) is 12.9. The number of aryl methyl sites for hydroxylation is 1. The molecule has 0 unspecified atom stereocenters. The van der Waals surface area contributed by atoms with Crippen LogP contribution >= 0.6 is 0 Å². The van der Waals surface area contributed by atoms with Gasteiger partial charge in [-0.15, -0.1) is 0 Å². The standard InChI is InChI=1S/C58H48N2/c1-2-59-49-36-22-21-35-47(49)48-39-46(37-38-50(48)59)60-57(44-31-17-7-18-32-44)55-53(42-27-13-5-14-28-42)51(40-23-9-3-10-24-40)52(41-25-11-4-12-26-41)54(43-29-15-6-16-30-43)56(55)58(60)45-33-19-8-20-34-45/h3,5-11,13,15,17-27,29,31-39H,2,4,12,14,16,28,30H2,1H3. The quantitative estimate of drug-likeness (QED) is 0.146. The summed E-state index contributed by atoms with van der Waals surface area (Å²) in [5.41, 5.74) is 19.4. The van der Waals surface area contributed by atoms with Gasteiger partial charge in [0.2, 0.25) is 0 Å². The number of allylic oxidation sites excluding steroid dienone is 12. The monoisotopic (exact) mass is 772 g/mol. The van der Waals surface area contributed by atoms with Gasteiger partial charge in [0.05, 0.1) is 11.4 Å². The Bertz CT molecular complexity index is 3140. The van der Waals surface area contributed by atoms with Gasteiger partial charge in [-0.3, -0.25) is 0 Å². The summed E-state index contributed by atoms with van der Waals surface area (Å²) in [4.78, 5) is 0. The number of rotatable bonds is 8. The Morgan fingerprint density at radius 3 is 1.62 bits per heavy atom. The number of aromatic nitrogens is 2. The zero-order chi connectivity index (χ0) is 40.0. The first kappa shape index (κ1) is 36.2. The van der Waals surface area contributed by atoms with Gasteiger partial charge < -0.3 is 9.13 Å². The van der Waals surface area contributed by atoms with Gasteiger partial charge in [0.15, 0.2) is 0 Å². The SMILES string of the molecule is CCn1c2ccccc2c2cc(-n3c(-c4ccccc4)c4c(C5=CC=CCC5)c(C5=CCCC=C5)c(-c5ccccc5)c(C5=CC=CCC5)c4c3-c3ccccc3)ccc21. The lowest BCUT2D eigenvalue weighted by Gasteiger charge is -2.27. The number of para-hydroxylation sites is 1. The fourth-order valence-corrected chi connectivity index (χ4v) is 10.3. The molecule has 0 bridgehead atoms. The minimum atomic E-state index is 0.913. The Balaban J connectivity index is 1.44. The van der Waals surface area contributed by atoms with Crippen LogP contribution in [0.4, 0.5) is 0 Å². The number of hydrogen-bond acceptors (Lipinski definition) is 0. The molecule has 3 aliphatic carbocycles. The molecule has 2 heteroatoms. The maximum Gasteiger partial charge on any atom is 0.0620 e. The van der Waals surface area contributed by atoms with E-state index >= 15 is 0 Å². The highest BCUT2D eigenvalue weighted by Gasteiger charge is 2.33. The van der Waals surface area contributed by atoms with Gasteiger partial charge in [0.25, 0.3) is 0 Å². The molecule has 0 spiro atoms. The maximum absolute atomic E-state index is 2.64. The molecule has 0 saturated carbocycles. The largest absolute Gasteiger partial charge is 0.341 e. The van der Waals surface area contributed by atoms with Crippen molar-refractivity contribution in [1.82, 2.24) is 9.13 Å². The topological polar surface area (TPSA) is 9.86 Å². The molecule has 3 aliphatic rings. The van der Waals surface area contributed by atoms with Crippen molar-refractivity contribution in [3.05, 3.63) is 205 Å². The lowest BCUT2D eigenvalue weighted by molar-refractivity contribution is 0.827. The minimum Gasteiger partial charge on any atom is -0.341 e. The van der Waals surface area contributed by atoms with Gasteiger partial charge in [-0.25, -0.2) is 0 Å². The van der Waals surface area contributed by atoms with E-state index in [4.69, 9.17) is 0 Å². The molecular weight excluding hydrogens is 725 g/mol. The summed E-state index contributed by atoms with van der Waals surface area (Å²) in [6, 6.07) is 49.8. The molecule has 2 heterocycles. The molecule has 2 aromatic heterocycles. The van der Waals surface area contributed by atoms with Crippen molar-refractivity contribution in [2.45, 2.75) is 52.0 Å². The fraction of sp³-hybridized carbons (Fsp3) is 0.138. The van der Waals surface area contributed by atoms with Gasteiger partial charge >= 0.3 is 0 Å². The van der Waals surface area contributed by atoms with E-state index in [1.165, 1.54) is 105 Å². The van der Waals surface area contributed by atoms with Crippen molar-refractivity contribution in [1.29, 1.82) is 0 Å². The summed E-state index contributed by atoms with van der Waals surface area (Å²) in [5.74, 6) is 0. The average Bonchev–Trinajstić information content (AvgIpc) is 3.85. The van der Waals surface area contributed by atoms with Crippen LogP contribution in [0.25, 0.3) is 88.6 Å². The lowest BCUT2D eigenvalue weighted by atomic mass is 9.75. The van der Waals surface area contributed by atoms with E-state index < -0.39 is 0 Å². The van der Waals surface area contributed by atoms with Crippen LogP contribution < -0.4 is 0 Å². The summed E-state index contributed by atoms with van der Waals surface area (Å²) < 4.78 is 5.10. The van der Waals surface area contributed by atoms with Crippen molar-refractivity contribution >= 4 is 49.3 Å². The molecule has 8 aromatic rings. The first-order chi connectivity index (χ1) is 29.8. The number of fused-ring (bicyclic) bond motifs is 4. The summed E-state index contributed by atoms with van der Waals surface area (Å²) in [5, 5.41) is 5.23. The molecule has 2 nitrogen and oxygen atoms in total. The molecule has 60 heavy (non-hydrogen) atoms. The van der Waals surface area contributed by atoms with Gasteiger partial charge in [0.1, 0.15) is 0 Å². The van der Waals surface area contributed by atoms with E-state index in [1.807, 2.05) is 0 Å². The van der Waals surface area contributed by atoms with E-state index in [-0.39, 0.29) is 0 Å². The maximum atomic E-state index is 2.64. The van der Waals surface area contributed by atoms with Crippen LogP contribution in [0.5, 0.6) is 0 Å². The molecule has 6 aromatic carbocycles.